The van der Waals surface area contributed by atoms with Gasteiger partial charge in [0, 0.05) is 16.8 Å². The summed E-state index contributed by atoms with van der Waals surface area (Å²) < 4.78 is 18.4. The summed E-state index contributed by atoms with van der Waals surface area (Å²) in [5.41, 5.74) is 4.92. The molecule has 0 aromatic heterocycles. The van der Waals surface area contributed by atoms with E-state index in [1.165, 1.54) is 31.4 Å². The molecule has 3 aromatic carbocycles. The van der Waals surface area contributed by atoms with Crippen molar-refractivity contribution in [2.24, 2.45) is 5.10 Å². The van der Waals surface area contributed by atoms with E-state index in [9.17, 15) is 14.0 Å². The molecule has 0 bridgehead atoms. The van der Waals surface area contributed by atoms with Crippen LogP contribution in [-0.4, -0.2) is 24.6 Å². The van der Waals surface area contributed by atoms with Crippen molar-refractivity contribution in [3.63, 3.8) is 0 Å². The highest BCUT2D eigenvalue weighted by molar-refractivity contribution is 6.06. The minimum absolute atomic E-state index is 0.219. The standard InChI is InChI=1S/C23H20FN3O3/c1-15(26-27-23(29)18-8-5-11-21(14-18)30-2)16-6-4-10-20(13-16)25-22(28)17-7-3-9-19(24)12-17/h3-14H,1-2H3,(H,25,28)(H,27,29)/b26-15-. The number of benzene rings is 3. The van der Waals surface area contributed by atoms with Crippen LogP contribution in [-0.2, 0) is 0 Å². The zero-order valence-corrected chi connectivity index (χ0v) is 16.5. The summed E-state index contributed by atoms with van der Waals surface area (Å²) in [5, 5.41) is 6.85. The molecule has 0 aliphatic carbocycles. The van der Waals surface area contributed by atoms with Gasteiger partial charge in [-0.05, 0) is 61.0 Å². The van der Waals surface area contributed by atoms with Crippen molar-refractivity contribution in [1.29, 1.82) is 0 Å². The summed E-state index contributed by atoms with van der Waals surface area (Å²) in [6, 6.07) is 19.2. The van der Waals surface area contributed by atoms with Crippen molar-refractivity contribution in [3.8, 4) is 5.75 Å². The zero-order valence-electron chi connectivity index (χ0n) is 16.5. The van der Waals surface area contributed by atoms with E-state index in [1.54, 1.807) is 55.5 Å². The van der Waals surface area contributed by atoms with Crippen LogP contribution in [0.5, 0.6) is 5.75 Å². The second-order valence-corrected chi connectivity index (χ2v) is 6.42. The quantitative estimate of drug-likeness (QED) is 0.476. The third-order valence-corrected chi connectivity index (χ3v) is 4.28. The van der Waals surface area contributed by atoms with Crippen molar-refractivity contribution < 1.29 is 18.7 Å². The van der Waals surface area contributed by atoms with Crippen molar-refractivity contribution in [2.75, 3.05) is 12.4 Å². The summed E-state index contributed by atoms with van der Waals surface area (Å²) >= 11 is 0. The van der Waals surface area contributed by atoms with Gasteiger partial charge >= 0.3 is 0 Å². The molecule has 2 N–H and O–H groups in total. The van der Waals surface area contributed by atoms with Crippen molar-refractivity contribution >= 4 is 23.2 Å². The van der Waals surface area contributed by atoms with Gasteiger partial charge < -0.3 is 10.1 Å². The predicted molar refractivity (Wildman–Crippen MR) is 113 cm³/mol. The van der Waals surface area contributed by atoms with Crippen molar-refractivity contribution in [2.45, 2.75) is 6.92 Å². The number of nitrogens with zero attached hydrogens (tertiary/aromatic N) is 1. The van der Waals surface area contributed by atoms with E-state index >= 15 is 0 Å². The average molecular weight is 405 g/mol. The fourth-order valence-corrected chi connectivity index (χ4v) is 2.68. The van der Waals surface area contributed by atoms with Gasteiger partial charge in [0.25, 0.3) is 11.8 Å². The molecule has 30 heavy (non-hydrogen) atoms. The molecular formula is C23H20FN3O3. The van der Waals surface area contributed by atoms with Crippen LogP contribution < -0.4 is 15.5 Å². The Hall–Kier alpha value is -4.00. The molecule has 0 spiro atoms. The van der Waals surface area contributed by atoms with E-state index in [2.05, 4.69) is 15.8 Å². The van der Waals surface area contributed by atoms with Gasteiger partial charge in [-0.1, -0.05) is 24.3 Å². The van der Waals surface area contributed by atoms with E-state index in [0.717, 1.165) is 0 Å². The monoisotopic (exact) mass is 405 g/mol. The van der Waals surface area contributed by atoms with Crippen LogP contribution >= 0.6 is 0 Å². The summed E-state index contributed by atoms with van der Waals surface area (Å²) in [7, 11) is 1.53. The molecule has 0 atom stereocenters. The van der Waals surface area contributed by atoms with Crippen LogP contribution in [0.15, 0.2) is 77.9 Å². The second-order valence-electron chi connectivity index (χ2n) is 6.42. The molecule has 6 nitrogen and oxygen atoms in total. The minimum atomic E-state index is -0.480. The highest BCUT2D eigenvalue weighted by Gasteiger charge is 2.09. The van der Waals surface area contributed by atoms with Gasteiger partial charge in [0.15, 0.2) is 0 Å². The Bertz CT molecular complexity index is 1110. The van der Waals surface area contributed by atoms with Gasteiger partial charge in [0.2, 0.25) is 0 Å². The number of anilines is 1. The lowest BCUT2D eigenvalue weighted by molar-refractivity contribution is 0.0953. The average Bonchev–Trinajstić information content (AvgIpc) is 2.77. The van der Waals surface area contributed by atoms with E-state index in [-0.39, 0.29) is 11.5 Å². The smallest absolute Gasteiger partial charge is 0.271 e. The van der Waals surface area contributed by atoms with Gasteiger partial charge in [0.1, 0.15) is 11.6 Å². The molecule has 0 unspecified atom stereocenters. The fourth-order valence-electron chi connectivity index (χ4n) is 2.68. The van der Waals surface area contributed by atoms with Gasteiger partial charge in [-0.3, -0.25) is 9.59 Å². The molecule has 7 heteroatoms. The second kappa shape index (κ2) is 9.47. The molecular weight excluding hydrogens is 385 g/mol. The first-order chi connectivity index (χ1) is 14.5. The molecule has 3 rings (SSSR count). The maximum atomic E-state index is 13.3. The highest BCUT2D eigenvalue weighted by Crippen LogP contribution is 2.15. The van der Waals surface area contributed by atoms with Crippen molar-refractivity contribution in [1.82, 2.24) is 5.43 Å². The Morgan fingerprint density at radius 2 is 1.53 bits per heavy atom. The number of ether oxygens (including phenoxy) is 1. The number of carbonyl (C=O) groups excluding carboxylic acids is 2. The van der Waals surface area contributed by atoms with Crippen molar-refractivity contribution in [3.05, 3.63) is 95.3 Å². The summed E-state index contributed by atoms with van der Waals surface area (Å²) in [4.78, 5) is 24.6. The Morgan fingerprint density at radius 1 is 0.867 bits per heavy atom. The van der Waals surface area contributed by atoms with E-state index in [1.807, 2.05) is 0 Å². The van der Waals surface area contributed by atoms with Crippen LogP contribution in [0.2, 0.25) is 0 Å². The number of hydrazone groups is 1. The first kappa shape index (κ1) is 20.7. The largest absolute Gasteiger partial charge is 0.497 e. The normalized spacial score (nSPS) is 11.0. The molecule has 0 aliphatic rings. The summed E-state index contributed by atoms with van der Waals surface area (Å²) in [6.07, 6.45) is 0. The van der Waals surface area contributed by atoms with Gasteiger partial charge in [0.05, 0.1) is 12.8 Å². The highest BCUT2D eigenvalue weighted by atomic mass is 19.1. The van der Waals surface area contributed by atoms with Crippen LogP contribution in [0.4, 0.5) is 10.1 Å². The first-order valence-electron chi connectivity index (χ1n) is 9.12. The summed E-state index contributed by atoms with van der Waals surface area (Å²) in [5.74, 6) is -0.701. The summed E-state index contributed by atoms with van der Waals surface area (Å²) in [6.45, 7) is 1.74. The van der Waals surface area contributed by atoms with E-state index in [0.29, 0.717) is 28.3 Å². The lowest BCUT2D eigenvalue weighted by atomic mass is 10.1. The lowest BCUT2D eigenvalue weighted by Gasteiger charge is -2.08. The number of hydrogen-bond donors (Lipinski definition) is 2. The van der Waals surface area contributed by atoms with Gasteiger partial charge in [-0.2, -0.15) is 5.10 Å². The minimum Gasteiger partial charge on any atom is -0.497 e. The van der Waals surface area contributed by atoms with Crippen LogP contribution in [0.25, 0.3) is 0 Å². The maximum absolute atomic E-state index is 13.3. The number of carbonyl (C=O) groups is 2. The number of methoxy groups -OCH3 is 1. The number of hydrogen-bond acceptors (Lipinski definition) is 4. The topological polar surface area (TPSA) is 79.8 Å². The van der Waals surface area contributed by atoms with E-state index < -0.39 is 11.7 Å². The van der Waals surface area contributed by atoms with Crippen LogP contribution in [0, 0.1) is 5.82 Å². The molecule has 0 saturated heterocycles. The molecule has 0 aliphatic heterocycles. The Labute approximate surface area is 173 Å². The molecule has 2 amide bonds. The molecule has 0 heterocycles. The maximum Gasteiger partial charge on any atom is 0.271 e. The van der Waals surface area contributed by atoms with Gasteiger partial charge in [-0.15, -0.1) is 0 Å². The number of halogens is 1. The third kappa shape index (κ3) is 5.29. The van der Waals surface area contributed by atoms with Crippen LogP contribution in [0.1, 0.15) is 33.2 Å². The van der Waals surface area contributed by atoms with Gasteiger partial charge in [-0.25, -0.2) is 9.82 Å². The number of rotatable bonds is 6. The lowest BCUT2D eigenvalue weighted by Crippen LogP contribution is -2.19. The molecule has 0 radical (unpaired) electrons. The SMILES string of the molecule is COc1cccc(C(=O)N/N=C(/C)c2cccc(NC(=O)c3cccc(F)c3)c2)c1. The Morgan fingerprint density at radius 3 is 2.27 bits per heavy atom. The first-order valence-corrected chi connectivity index (χ1v) is 9.12. The molecule has 0 saturated carbocycles. The van der Waals surface area contributed by atoms with E-state index in [4.69, 9.17) is 4.74 Å². The van der Waals surface area contributed by atoms with Crippen LogP contribution in [0.3, 0.4) is 0 Å². The number of nitrogens with one attached hydrogen (secondary N) is 2. The number of amides is 2. The molecule has 0 fully saturated rings. The Balaban J connectivity index is 1.69. The predicted octanol–water partition coefficient (Wildman–Crippen LogP) is 4.24. The zero-order chi connectivity index (χ0) is 21.5. The molecule has 3 aromatic rings. The fraction of sp³-hybridized carbons (Fsp3) is 0.0870. The molecule has 152 valence electrons. The Kier molecular flexibility index (Phi) is 6.54. The third-order valence-electron chi connectivity index (χ3n) is 4.28.